The molecular weight excluding hydrogens is 236 g/mol. The Labute approximate surface area is 105 Å². The highest BCUT2D eigenvalue weighted by Crippen LogP contribution is 2.05. The molecule has 0 unspecified atom stereocenters. The first-order valence-corrected chi connectivity index (χ1v) is 5.29. The second kappa shape index (κ2) is 6.51. The Balaban J connectivity index is 2.55. The molecule has 0 aliphatic carbocycles. The number of rotatable bonds is 4. The van der Waals surface area contributed by atoms with E-state index in [-0.39, 0.29) is 12.5 Å². The van der Waals surface area contributed by atoms with Gasteiger partial charge in [-0.25, -0.2) is 0 Å². The Morgan fingerprint density at radius 1 is 1.47 bits per heavy atom. The molecular formula is C13H11ClN2O. The number of carbonyl (C=O) groups excluding carboxylic acids is 1. The van der Waals surface area contributed by atoms with Crippen molar-refractivity contribution < 1.29 is 4.79 Å². The topological polar surface area (TPSA) is 52.9 Å². The van der Waals surface area contributed by atoms with E-state index in [9.17, 15) is 4.79 Å². The Kier molecular flexibility index (Phi) is 4.99. The van der Waals surface area contributed by atoms with Gasteiger partial charge >= 0.3 is 0 Å². The Morgan fingerprint density at radius 2 is 2.12 bits per heavy atom. The quantitative estimate of drug-likeness (QED) is 0.830. The van der Waals surface area contributed by atoms with Crippen LogP contribution in [-0.2, 0) is 4.79 Å². The molecule has 0 heterocycles. The van der Waals surface area contributed by atoms with Crippen molar-refractivity contribution in [3.8, 4) is 6.07 Å². The molecule has 0 saturated heterocycles. The van der Waals surface area contributed by atoms with Gasteiger partial charge < -0.3 is 5.32 Å². The molecule has 0 bridgehead atoms. The number of nitrogens with one attached hydrogen (secondary N) is 1. The molecule has 1 aromatic carbocycles. The summed E-state index contributed by atoms with van der Waals surface area (Å²) in [4.78, 5) is 11.3. The summed E-state index contributed by atoms with van der Waals surface area (Å²) in [6.07, 6.45) is 3.06. The van der Waals surface area contributed by atoms with E-state index in [0.29, 0.717) is 10.6 Å². The van der Waals surface area contributed by atoms with E-state index in [1.54, 1.807) is 30.3 Å². The van der Waals surface area contributed by atoms with E-state index in [1.807, 2.05) is 6.07 Å². The van der Waals surface area contributed by atoms with Crippen molar-refractivity contribution in [2.24, 2.45) is 0 Å². The number of nitrogens with zero attached hydrogens (tertiary/aromatic N) is 1. The Hall–Kier alpha value is -2.05. The zero-order chi connectivity index (χ0) is 12.7. The molecule has 1 rings (SSSR count). The van der Waals surface area contributed by atoms with E-state index in [1.165, 1.54) is 6.08 Å². The minimum absolute atomic E-state index is 0.240. The number of hydrogen-bond donors (Lipinski definition) is 1. The lowest BCUT2D eigenvalue weighted by molar-refractivity contribution is -0.116. The van der Waals surface area contributed by atoms with E-state index in [2.05, 4.69) is 11.9 Å². The summed E-state index contributed by atoms with van der Waals surface area (Å²) in [6, 6.07) is 8.94. The normalized spacial score (nSPS) is 9.88. The third-order valence-electron chi connectivity index (χ3n) is 1.92. The fraction of sp³-hybridized carbons (Fsp3) is 0.0769. The van der Waals surface area contributed by atoms with Gasteiger partial charge in [-0.3, -0.25) is 4.79 Å². The molecule has 0 fully saturated rings. The van der Waals surface area contributed by atoms with Crippen molar-refractivity contribution in [3.63, 3.8) is 0 Å². The SMILES string of the molecule is C=C(Cl)CNC(=O)/C=C/c1ccc(C#N)cc1. The van der Waals surface area contributed by atoms with Gasteiger partial charge in [0.15, 0.2) is 0 Å². The van der Waals surface area contributed by atoms with E-state index in [4.69, 9.17) is 16.9 Å². The van der Waals surface area contributed by atoms with E-state index in [0.717, 1.165) is 5.56 Å². The van der Waals surface area contributed by atoms with Gasteiger partial charge in [0.2, 0.25) is 5.91 Å². The summed E-state index contributed by atoms with van der Waals surface area (Å²) in [6.45, 7) is 3.71. The van der Waals surface area contributed by atoms with Gasteiger partial charge in [0.25, 0.3) is 0 Å². The number of halogens is 1. The van der Waals surface area contributed by atoms with Crippen molar-refractivity contribution >= 4 is 23.6 Å². The van der Waals surface area contributed by atoms with Crippen molar-refractivity contribution in [1.29, 1.82) is 5.26 Å². The number of benzene rings is 1. The van der Waals surface area contributed by atoms with Gasteiger partial charge in [-0.1, -0.05) is 30.3 Å². The molecule has 0 aromatic heterocycles. The highest BCUT2D eigenvalue weighted by atomic mass is 35.5. The van der Waals surface area contributed by atoms with Crippen LogP contribution in [0.25, 0.3) is 6.08 Å². The maximum absolute atomic E-state index is 11.3. The summed E-state index contributed by atoms with van der Waals surface area (Å²) >= 11 is 5.51. The first-order chi connectivity index (χ1) is 8.11. The first kappa shape index (κ1) is 13.0. The summed E-state index contributed by atoms with van der Waals surface area (Å²) in [7, 11) is 0. The van der Waals surface area contributed by atoms with Gasteiger partial charge in [-0.2, -0.15) is 5.26 Å². The number of carbonyl (C=O) groups is 1. The summed E-state index contributed by atoms with van der Waals surface area (Å²) in [5, 5.41) is 11.6. The third-order valence-corrected chi connectivity index (χ3v) is 2.06. The molecule has 1 aromatic rings. The van der Waals surface area contributed by atoms with Crippen LogP contribution in [0.1, 0.15) is 11.1 Å². The fourth-order valence-corrected chi connectivity index (χ4v) is 1.15. The summed E-state index contributed by atoms with van der Waals surface area (Å²) < 4.78 is 0. The lowest BCUT2D eigenvalue weighted by atomic mass is 10.1. The highest BCUT2D eigenvalue weighted by Gasteiger charge is 1.95. The first-order valence-electron chi connectivity index (χ1n) is 4.91. The summed E-state index contributed by atoms with van der Waals surface area (Å²) in [5.74, 6) is -0.240. The number of hydrogen-bond acceptors (Lipinski definition) is 2. The van der Waals surface area contributed by atoms with Gasteiger partial charge in [0.1, 0.15) is 0 Å². The van der Waals surface area contributed by atoms with Crippen molar-refractivity contribution in [1.82, 2.24) is 5.32 Å². The molecule has 86 valence electrons. The average Bonchev–Trinajstić information content (AvgIpc) is 2.34. The minimum atomic E-state index is -0.240. The zero-order valence-electron chi connectivity index (χ0n) is 9.11. The van der Waals surface area contributed by atoms with Crippen LogP contribution in [0.15, 0.2) is 42.0 Å². The molecule has 0 saturated carbocycles. The van der Waals surface area contributed by atoms with Gasteiger partial charge in [0, 0.05) is 11.1 Å². The third kappa shape index (κ3) is 5.01. The molecule has 17 heavy (non-hydrogen) atoms. The second-order valence-corrected chi connectivity index (χ2v) is 3.84. The van der Waals surface area contributed by atoms with Crippen LogP contribution in [0.2, 0.25) is 0 Å². The lowest BCUT2D eigenvalue weighted by Gasteiger charge is -1.98. The Morgan fingerprint density at radius 3 is 2.65 bits per heavy atom. The smallest absolute Gasteiger partial charge is 0.244 e. The van der Waals surface area contributed by atoms with E-state index >= 15 is 0 Å². The number of nitriles is 1. The molecule has 0 aliphatic rings. The second-order valence-electron chi connectivity index (χ2n) is 3.30. The number of amides is 1. The fourth-order valence-electron chi connectivity index (χ4n) is 1.08. The summed E-state index contributed by atoms with van der Waals surface area (Å²) in [5.41, 5.74) is 1.44. The molecule has 0 aliphatic heterocycles. The molecule has 1 amide bonds. The van der Waals surface area contributed by atoms with Crippen molar-refractivity contribution in [2.75, 3.05) is 6.54 Å². The zero-order valence-corrected chi connectivity index (χ0v) is 9.87. The van der Waals surface area contributed by atoms with Crippen LogP contribution < -0.4 is 5.32 Å². The van der Waals surface area contributed by atoms with Gasteiger partial charge in [-0.05, 0) is 23.8 Å². The maximum atomic E-state index is 11.3. The minimum Gasteiger partial charge on any atom is -0.348 e. The monoisotopic (exact) mass is 246 g/mol. The molecule has 1 N–H and O–H groups in total. The van der Waals surface area contributed by atoms with Crippen LogP contribution in [0.4, 0.5) is 0 Å². The van der Waals surface area contributed by atoms with Gasteiger partial charge in [0.05, 0.1) is 18.2 Å². The highest BCUT2D eigenvalue weighted by molar-refractivity contribution is 6.29. The molecule has 4 heteroatoms. The van der Waals surface area contributed by atoms with Crippen molar-refractivity contribution in [3.05, 3.63) is 53.1 Å². The Bertz CT molecular complexity index is 483. The molecule has 0 spiro atoms. The van der Waals surface area contributed by atoms with Gasteiger partial charge in [-0.15, -0.1) is 0 Å². The van der Waals surface area contributed by atoms with Crippen LogP contribution in [0.5, 0.6) is 0 Å². The van der Waals surface area contributed by atoms with Crippen LogP contribution >= 0.6 is 11.6 Å². The molecule has 0 atom stereocenters. The van der Waals surface area contributed by atoms with Crippen LogP contribution in [0.3, 0.4) is 0 Å². The standard InChI is InChI=1S/C13H11ClN2O/c1-10(14)9-16-13(17)7-6-11-2-4-12(8-15)5-3-11/h2-7H,1,9H2,(H,16,17)/b7-6+. The lowest BCUT2D eigenvalue weighted by Crippen LogP contribution is -2.21. The largest absolute Gasteiger partial charge is 0.348 e. The molecule has 3 nitrogen and oxygen atoms in total. The van der Waals surface area contributed by atoms with Crippen molar-refractivity contribution in [2.45, 2.75) is 0 Å². The predicted molar refractivity (Wildman–Crippen MR) is 68.2 cm³/mol. The predicted octanol–water partition coefficient (Wildman–Crippen LogP) is 2.44. The molecule has 0 radical (unpaired) electrons. The van der Waals surface area contributed by atoms with Crippen LogP contribution in [0, 0.1) is 11.3 Å². The maximum Gasteiger partial charge on any atom is 0.244 e. The average molecular weight is 247 g/mol. The van der Waals surface area contributed by atoms with Crippen LogP contribution in [-0.4, -0.2) is 12.5 Å². The van der Waals surface area contributed by atoms with E-state index < -0.39 is 0 Å².